The maximum Gasteiger partial charge on any atom is 0.319 e. The van der Waals surface area contributed by atoms with Crippen LogP contribution >= 0.6 is 0 Å². The van der Waals surface area contributed by atoms with Gasteiger partial charge in [0.05, 0.1) is 16.5 Å². The van der Waals surface area contributed by atoms with Crippen molar-refractivity contribution in [2.75, 3.05) is 37.7 Å². The molecule has 2 bridgehead atoms. The van der Waals surface area contributed by atoms with Crippen molar-refractivity contribution in [1.82, 2.24) is 25.2 Å². The molecule has 2 atom stereocenters. The van der Waals surface area contributed by atoms with Crippen LogP contribution in [0.4, 0.5) is 14.6 Å². The predicted molar refractivity (Wildman–Crippen MR) is 183 cm³/mol. The van der Waals surface area contributed by atoms with E-state index < -0.39 is 11.6 Å². The lowest BCUT2D eigenvalue weighted by Gasteiger charge is -2.44. The molecule has 246 valence electrons. The van der Waals surface area contributed by atoms with E-state index in [0.29, 0.717) is 42.2 Å². The van der Waals surface area contributed by atoms with E-state index >= 15 is 4.39 Å². The number of hydrogen-bond acceptors (Lipinski definition) is 8. The Labute approximate surface area is 278 Å². The predicted octanol–water partition coefficient (Wildman–Crippen LogP) is 6.12. The number of anilines is 1. The second-order valence-electron chi connectivity index (χ2n) is 14.5. The third-order valence-electron chi connectivity index (χ3n) is 11.0. The van der Waals surface area contributed by atoms with Gasteiger partial charge >= 0.3 is 6.01 Å². The Morgan fingerprint density at radius 3 is 2.67 bits per heavy atom. The molecule has 2 aromatic heterocycles. The first-order valence-electron chi connectivity index (χ1n) is 16.5. The molecule has 48 heavy (non-hydrogen) atoms. The number of piperazine rings is 1. The van der Waals surface area contributed by atoms with Crippen LogP contribution < -0.4 is 15.0 Å². The van der Waals surface area contributed by atoms with Gasteiger partial charge in [-0.05, 0) is 55.2 Å². The first-order chi connectivity index (χ1) is 23.0. The van der Waals surface area contributed by atoms with E-state index in [1.807, 2.05) is 0 Å². The van der Waals surface area contributed by atoms with Crippen LogP contribution in [0.15, 0.2) is 54.8 Å². The Morgan fingerprint density at radius 2 is 1.94 bits per heavy atom. The molecule has 8 nitrogen and oxygen atoms in total. The highest BCUT2D eigenvalue weighted by molar-refractivity contribution is 6.03. The first-order valence-corrected chi connectivity index (χ1v) is 16.5. The smallest absolute Gasteiger partial charge is 0.319 e. The summed E-state index contributed by atoms with van der Waals surface area (Å²) in [6.07, 6.45) is 10.9. The number of nitrogens with one attached hydrogen (secondary N) is 1. The summed E-state index contributed by atoms with van der Waals surface area (Å²) in [5.74, 6) is 1.84. The maximum absolute atomic E-state index is 17.0. The van der Waals surface area contributed by atoms with Crippen LogP contribution in [0.25, 0.3) is 32.9 Å². The van der Waals surface area contributed by atoms with Gasteiger partial charge in [0.25, 0.3) is 0 Å². The molecule has 4 aromatic rings. The van der Waals surface area contributed by atoms with Gasteiger partial charge in [-0.15, -0.1) is 6.42 Å². The zero-order valence-corrected chi connectivity index (χ0v) is 27.2. The topological polar surface area (TPSA) is 86.6 Å². The number of nitrogens with zero attached hydrogens (tertiary/aromatic N) is 5. The quantitative estimate of drug-likeness (QED) is 0.191. The van der Waals surface area contributed by atoms with Crippen LogP contribution in [-0.2, 0) is 0 Å². The van der Waals surface area contributed by atoms with Crippen LogP contribution in [0.1, 0.15) is 45.1 Å². The van der Waals surface area contributed by atoms with E-state index in [9.17, 15) is 9.50 Å². The summed E-state index contributed by atoms with van der Waals surface area (Å²) in [6, 6.07) is 5.89. The lowest BCUT2D eigenvalue weighted by molar-refractivity contribution is 0.108. The van der Waals surface area contributed by atoms with Gasteiger partial charge in [0.1, 0.15) is 35.2 Å². The van der Waals surface area contributed by atoms with Gasteiger partial charge in [-0.25, -0.2) is 8.78 Å². The zero-order chi connectivity index (χ0) is 33.5. The third kappa shape index (κ3) is 4.74. The Bertz CT molecular complexity index is 2070. The van der Waals surface area contributed by atoms with Gasteiger partial charge in [0.15, 0.2) is 5.82 Å². The van der Waals surface area contributed by atoms with E-state index in [1.165, 1.54) is 24.3 Å². The lowest BCUT2D eigenvalue weighted by atomic mass is 9.84. The number of pyridine rings is 1. The molecule has 10 heteroatoms. The highest BCUT2D eigenvalue weighted by Crippen LogP contribution is 2.44. The van der Waals surface area contributed by atoms with Gasteiger partial charge in [-0.3, -0.25) is 9.88 Å². The normalized spacial score (nSPS) is 23.4. The molecule has 2 aromatic carbocycles. The van der Waals surface area contributed by atoms with Gasteiger partial charge in [-0.2, -0.15) is 9.97 Å². The maximum atomic E-state index is 17.0. The lowest BCUT2D eigenvalue weighted by Crippen LogP contribution is -2.62. The van der Waals surface area contributed by atoms with E-state index in [-0.39, 0.29) is 56.6 Å². The molecule has 4 fully saturated rings. The molecule has 0 radical (unpaired) electrons. The van der Waals surface area contributed by atoms with Crippen molar-refractivity contribution in [3.63, 3.8) is 0 Å². The molecule has 0 saturated carbocycles. The molecule has 0 amide bonds. The second kappa shape index (κ2) is 11.0. The fourth-order valence-corrected chi connectivity index (χ4v) is 8.63. The molecule has 4 saturated heterocycles. The third-order valence-corrected chi connectivity index (χ3v) is 11.0. The average molecular weight is 649 g/mol. The highest BCUT2D eigenvalue weighted by atomic mass is 19.1. The summed E-state index contributed by atoms with van der Waals surface area (Å²) < 4.78 is 38.3. The van der Waals surface area contributed by atoms with Crippen molar-refractivity contribution >= 4 is 27.5 Å². The summed E-state index contributed by atoms with van der Waals surface area (Å²) in [5.41, 5.74) is 1.95. The number of halogens is 2. The van der Waals surface area contributed by atoms with E-state index in [0.717, 1.165) is 49.9 Å². The molecule has 8 rings (SSSR count). The fraction of sp³-hybridized carbons (Fsp3) is 0.395. The number of aromatic nitrogens is 3. The monoisotopic (exact) mass is 648 g/mol. The summed E-state index contributed by atoms with van der Waals surface area (Å²) in [6.45, 7) is 16.2. The number of ether oxygens (including phenoxy) is 1. The van der Waals surface area contributed by atoms with Crippen LogP contribution in [-0.4, -0.2) is 74.9 Å². The number of rotatable bonds is 6. The largest absolute Gasteiger partial charge is 0.508 e. The van der Waals surface area contributed by atoms with E-state index in [4.69, 9.17) is 16.1 Å². The number of phenols is 1. The van der Waals surface area contributed by atoms with Crippen LogP contribution in [0.2, 0.25) is 0 Å². The van der Waals surface area contributed by atoms with E-state index in [2.05, 4.69) is 58.0 Å². The number of terminal acetylenes is 1. The average Bonchev–Trinajstić information content (AvgIpc) is 3.64. The Hall–Kier alpha value is -4.59. The SMILES string of the molecule is C#Cc1c(F)ccc2cc(O)cc(-c3ncc4c(N5CC6CCC(C(C)C)(C5)N6)nc(OCC56CC(=C)CN5CC(=C)C6)nc4c3F)c12. The van der Waals surface area contributed by atoms with Gasteiger partial charge in [0, 0.05) is 54.9 Å². The molecule has 2 N–H and O–H groups in total. The molecule has 0 spiro atoms. The molecule has 4 aliphatic heterocycles. The number of phenolic OH excluding ortho intramolecular Hbond substituents is 1. The number of fused-ring (bicyclic) bond motifs is 5. The van der Waals surface area contributed by atoms with Crippen molar-refractivity contribution in [2.45, 2.75) is 56.7 Å². The number of aromatic hydroxyl groups is 1. The summed E-state index contributed by atoms with van der Waals surface area (Å²) in [5, 5.41) is 15.6. The van der Waals surface area contributed by atoms with Crippen molar-refractivity contribution in [1.29, 1.82) is 0 Å². The molecular formula is C38H38F2N6O2. The van der Waals surface area contributed by atoms with Crippen molar-refractivity contribution in [3.8, 4) is 35.4 Å². The van der Waals surface area contributed by atoms with E-state index in [1.54, 1.807) is 6.20 Å². The molecular weight excluding hydrogens is 610 g/mol. The molecule has 6 heterocycles. The molecule has 2 unspecified atom stereocenters. The van der Waals surface area contributed by atoms with Gasteiger partial charge in [0.2, 0.25) is 0 Å². The van der Waals surface area contributed by atoms with Gasteiger partial charge < -0.3 is 20.1 Å². The van der Waals surface area contributed by atoms with Crippen molar-refractivity contribution in [3.05, 3.63) is 72.0 Å². The Kier molecular flexibility index (Phi) is 7.02. The zero-order valence-electron chi connectivity index (χ0n) is 27.2. The highest BCUT2D eigenvalue weighted by Gasteiger charge is 2.49. The number of benzene rings is 2. The summed E-state index contributed by atoms with van der Waals surface area (Å²) in [7, 11) is 0. The second-order valence-corrected chi connectivity index (χ2v) is 14.5. The van der Waals surface area contributed by atoms with Crippen LogP contribution in [0, 0.1) is 29.9 Å². The minimum atomic E-state index is -0.736. The van der Waals surface area contributed by atoms with Crippen molar-refractivity contribution in [2.24, 2.45) is 5.92 Å². The minimum absolute atomic E-state index is 0.0284. The fourth-order valence-electron chi connectivity index (χ4n) is 8.63. The van der Waals surface area contributed by atoms with Crippen LogP contribution in [0.5, 0.6) is 11.8 Å². The minimum Gasteiger partial charge on any atom is -0.508 e. The Balaban J connectivity index is 1.29. The summed E-state index contributed by atoms with van der Waals surface area (Å²) >= 11 is 0. The Morgan fingerprint density at radius 1 is 1.17 bits per heavy atom. The summed E-state index contributed by atoms with van der Waals surface area (Å²) in [4.78, 5) is 18.7. The number of hydrogen-bond donors (Lipinski definition) is 2. The molecule has 4 aliphatic rings. The molecule has 0 aliphatic carbocycles. The first kappa shape index (κ1) is 30.7. The van der Waals surface area contributed by atoms with Crippen LogP contribution in [0.3, 0.4) is 0 Å². The van der Waals surface area contributed by atoms with Crippen molar-refractivity contribution < 1.29 is 18.6 Å². The van der Waals surface area contributed by atoms with Gasteiger partial charge in [-0.1, -0.05) is 50.1 Å². The standard InChI is InChI=1S/C38H38F2N6O2/c1-6-27-30(39)8-7-24-11-26(47)12-28(31(24)27)33-32(40)34-29(15-41-33)35(45-18-25-9-10-38(19-45,44-25)21(2)3)43-36(42-34)48-20-37-13-22(4)16-46(37)17-23(5)14-37/h1,7-8,11-12,15,21,25,44,47H,4-5,9-10,13-14,16-20H2,2-3H3.